The molecule has 1 aromatic heterocycles. The van der Waals surface area contributed by atoms with Gasteiger partial charge in [-0.05, 0) is 23.3 Å². The van der Waals surface area contributed by atoms with Crippen LogP contribution in [0.5, 0.6) is 0 Å². The van der Waals surface area contributed by atoms with Crippen molar-refractivity contribution in [3.05, 3.63) is 64.9 Å². The van der Waals surface area contributed by atoms with Crippen molar-refractivity contribution < 1.29 is 5.11 Å². The smallest absolute Gasteiger partial charge is 0.0845 e. The number of pyridine rings is 1. The summed E-state index contributed by atoms with van der Waals surface area (Å²) in [6.45, 7) is 0. The largest absolute Gasteiger partial charge is 0.388 e. The van der Waals surface area contributed by atoms with E-state index >= 15 is 0 Å². The lowest BCUT2D eigenvalue weighted by Gasteiger charge is -2.12. The summed E-state index contributed by atoms with van der Waals surface area (Å²) >= 11 is 6.01. The molecule has 1 atom stereocenters. The molecule has 0 bridgehead atoms. The van der Waals surface area contributed by atoms with Crippen molar-refractivity contribution >= 4 is 11.6 Å². The van der Waals surface area contributed by atoms with Crippen LogP contribution in [0, 0.1) is 0 Å². The molecule has 16 heavy (non-hydrogen) atoms. The Hall–Kier alpha value is -1.38. The maximum Gasteiger partial charge on any atom is 0.0845 e. The molecule has 0 aliphatic carbocycles. The molecule has 1 N–H and O–H groups in total. The Bertz CT molecular complexity index is 458. The average Bonchev–Trinajstić information content (AvgIpc) is 2.31. The van der Waals surface area contributed by atoms with Crippen molar-refractivity contribution in [3.63, 3.8) is 0 Å². The SMILES string of the molecule is OC(Cc1cccnc1)c1ccccc1Cl. The summed E-state index contributed by atoms with van der Waals surface area (Å²) in [6.07, 6.45) is 3.40. The standard InChI is InChI=1S/C13H12ClNO/c14-12-6-2-1-5-11(12)13(16)8-10-4-3-7-15-9-10/h1-7,9,13,16H,8H2. The van der Waals surface area contributed by atoms with Gasteiger partial charge in [-0.1, -0.05) is 35.9 Å². The number of hydrogen-bond donors (Lipinski definition) is 1. The van der Waals surface area contributed by atoms with Gasteiger partial charge in [-0.25, -0.2) is 0 Å². The number of halogens is 1. The third-order valence-corrected chi connectivity index (χ3v) is 2.76. The summed E-state index contributed by atoms with van der Waals surface area (Å²) in [5.74, 6) is 0. The molecular weight excluding hydrogens is 222 g/mol. The summed E-state index contributed by atoms with van der Waals surface area (Å²) in [6, 6.07) is 11.1. The predicted octanol–water partition coefficient (Wildman–Crippen LogP) is 3.01. The summed E-state index contributed by atoms with van der Waals surface area (Å²) in [7, 11) is 0. The van der Waals surface area contributed by atoms with Gasteiger partial charge in [0.05, 0.1) is 6.10 Å². The molecule has 2 aromatic rings. The Morgan fingerprint density at radius 1 is 1.19 bits per heavy atom. The van der Waals surface area contributed by atoms with Crippen LogP contribution in [0.1, 0.15) is 17.2 Å². The Morgan fingerprint density at radius 2 is 2.00 bits per heavy atom. The second kappa shape index (κ2) is 5.10. The normalized spacial score (nSPS) is 12.4. The van der Waals surface area contributed by atoms with E-state index in [-0.39, 0.29) is 0 Å². The molecule has 2 nitrogen and oxygen atoms in total. The van der Waals surface area contributed by atoms with Crippen LogP contribution in [-0.4, -0.2) is 10.1 Å². The molecular formula is C13H12ClNO. The fraction of sp³-hybridized carbons (Fsp3) is 0.154. The summed E-state index contributed by atoms with van der Waals surface area (Å²) in [5, 5.41) is 10.6. The van der Waals surface area contributed by atoms with Crippen LogP contribution in [0.25, 0.3) is 0 Å². The van der Waals surface area contributed by atoms with Crippen LogP contribution >= 0.6 is 11.6 Å². The highest BCUT2D eigenvalue weighted by Gasteiger charge is 2.11. The number of benzene rings is 1. The van der Waals surface area contributed by atoms with E-state index in [1.807, 2.05) is 30.3 Å². The molecule has 0 saturated heterocycles. The van der Waals surface area contributed by atoms with Crippen molar-refractivity contribution in [1.29, 1.82) is 0 Å². The van der Waals surface area contributed by atoms with Gasteiger partial charge in [0.25, 0.3) is 0 Å². The number of aromatic nitrogens is 1. The number of aliphatic hydroxyl groups is 1. The van der Waals surface area contributed by atoms with Gasteiger partial charge in [-0.3, -0.25) is 4.98 Å². The zero-order valence-electron chi connectivity index (χ0n) is 8.68. The van der Waals surface area contributed by atoms with Crippen molar-refractivity contribution in [3.8, 4) is 0 Å². The first-order valence-corrected chi connectivity index (χ1v) is 5.46. The van der Waals surface area contributed by atoms with E-state index < -0.39 is 6.10 Å². The quantitative estimate of drug-likeness (QED) is 0.884. The van der Waals surface area contributed by atoms with E-state index in [9.17, 15) is 5.11 Å². The highest BCUT2D eigenvalue weighted by Crippen LogP contribution is 2.24. The third-order valence-electron chi connectivity index (χ3n) is 2.42. The molecule has 0 saturated carbocycles. The van der Waals surface area contributed by atoms with Crippen LogP contribution in [0.15, 0.2) is 48.8 Å². The molecule has 1 unspecified atom stereocenters. The zero-order valence-corrected chi connectivity index (χ0v) is 9.43. The summed E-state index contributed by atoms with van der Waals surface area (Å²) in [5.41, 5.74) is 1.75. The molecule has 0 radical (unpaired) electrons. The molecule has 1 heterocycles. The van der Waals surface area contributed by atoms with Crippen LogP contribution in [-0.2, 0) is 6.42 Å². The van der Waals surface area contributed by atoms with Crippen LogP contribution in [0.3, 0.4) is 0 Å². The highest BCUT2D eigenvalue weighted by atomic mass is 35.5. The first-order chi connectivity index (χ1) is 7.77. The van der Waals surface area contributed by atoms with Gasteiger partial charge in [0, 0.05) is 23.8 Å². The maximum absolute atomic E-state index is 10.0. The monoisotopic (exact) mass is 233 g/mol. The molecule has 1 aromatic carbocycles. The van der Waals surface area contributed by atoms with Crippen molar-refractivity contribution in [2.45, 2.75) is 12.5 Å². The maximum atomic E-state index is 10.0. The van der Waals surface area contributed by atoms with Gasteiger partial charge < -0.3 is 5.11 Å². The van der Waals surface area contributed by atoms with Crippen molar-refractivity contribution in [2.24, 2.45) is 0 Å². The Balaban J connectivity index is 2.15. The van der Waals surface area contributed by atoms with Crippen molar-refractivity contribution in [1.82, 2.24) is 4.98 Å². The Morgan fingerprint density at radius 3 is 2.69 bits per heavy atom. The first-order valence-electron chi connectivity index (χ1n) is 5.09. The molecule has 0 aliphatic heterocycles. The van der Waals surface area contributed by atoms with Gasteiger partial charge in [0.15, 0.2) is 0 Å². The summed E-state index contributed by atoms with van der Waals surface area (Å²) < 4.78 is 0. The minimum Gasteiger partial charge on any atom is -0.388 e. The van der Waals surface area contributed by atoms with Crippen LogP contribution < -0.4 is 0 Å². The van der Waals surface area contributed by atoms with Gasteiger partial charge in [0.1, 0.15) is 0 Å². The van der Waals surface area contributed by atoms with Crippen LogP contribution in [0.4, 0.5) is 0 Å². The summed E-state index contributed by atoms with van der Waals surface area (Å²) in [4.78, 5) is 4.01. The van der Waals surface area contributed by atoms with E-state index in [1.54, 1.807) is 18.5 Å². The predicted molar refractivity (Wildman–Crippen MR) is 64.4 cm³/mol. The van der Waals surface area contributed by atoms with Crippen molar-refractivity contribution in [2.75, 3.05) is 0 Å². The molecule has 0 aliphatic rings. The van der Waals surface area contributed by atoms with Gasteiger partial charge in [0.2, 0.25) is 0 Å². The molecule has 0 amide bonds. The van der Waals surface area contributed by atoms with Crippen LogP contribution in [0.2, 0.25) is 5.02 Å². The molecule has 3 heteroatoms. The second-order valence-electron chi connectivity index (χ2n) is 3.60. The van der Waals surface area contributed by atoms with E-state index in [1.165, 1.54) is 0 Å². The topological polar surface area (TPSA) is 33.1 Å². The lowest BCUT2D eigenvalue weighted by molar-refractivity contribution is 0.178. The fourth-order valence-corrected chi connectivity index (χ4v) is 1.86. The minimum absolute atomic E-state index is 0.525. The number of nitrogens with zero attached hydrogens (tertiary/aromatic N) is 1. The number of aliphatic hydroxyl groups excluding tert-OH is 1. The number of rotatable bonds is 3. The van der Waals surface area contributed by atoms with E-state index in [2.05, 4.69) is 4.98 Å². The van der Waals surface area contributed by atoms with E-state index in [4.69, 9.17) is 11.6 Å². The molecule has 82 valence electrons. The molecule has 2 rings (SSSR count). The molecule has 0 spiro atoms. The third kappa shape index (κ3) is 2.60. The second-order valence-corrected chi connectivity index (χ2v) is 4.01. The lowest BCUT2D eigenvalue weighted by Crippen LogP contribution is -2.02. The number of hydrogen-bond acceptors (Lipinski definition) is 2. The van der Waals surface area contributed by atoms with Gasteiger partial charge in [-0.15, -0.1) is 0 Å². The Labute approximate surface area is 99.5 Å². The lowest BCUT2D eigenvalue weighted by atomic mass is 10.0. The van der Waals surface area contributed by atoms with E-state index in [0.29, 0.717) is 11.4 Å². The minimum atomic E-state index is -0.585. The van der Waals surface area contributed by atoms with Gasteiger partial charge >= 0.3 is 0 Å². The first kappa shape index (κ1) is 11.1. The molecule has 0 fully saturated rings. The van der Waals surface area contributed by atoms with E-state index in [0.717, 1.165) is 11.1 Å². The van der Waals surface area contributed by atoms with Gasteiger partial charge in [-0.2, -0.15) is 0 Å². The zero-order chi connectivity index (χ0) is 11.4. The highest BCUT2D eigenvalue weighted by molar-refractivity contribution is 6.31. The Kier molecular flexibility index (Phi) is 3.54. The average molecular weight is 234 g/mol. The fourth-order valence-electron chi connectivity index (χ4n) is 1.60.